The van der Waals surface area contributed by atoms with Crippen LogP contribution in [0, 0.1) is 11.8 Å². The number of nitrogens with one attached hydrogen (secondary N) is 2. The quantitative estimate of drug-likeness (QED) is 0.737. The Morgan fingerprint density at radius 2 is 1.69 bits per heavy atom. The zero-order valence-electron chi connectivity index (χ0n) is 15.7. The van der Waals surface area contributed by atoms with E-state index in [1.807, 2.05) is 0 Å². The molecule has 0 bridgehead atoms. The summed E-state index contributed by atoms with van der Waals surface area (Å²) in [5, 5.41) is 14.9. The number of nitrogens with zero attached hydrogens (tertiary/aromatic N) is 2. The van der Waals surface area contributed by atoms with Crippen molar-refractivity contribution in [1.29, 1.82) is 0 Å². The van der Waals surface area contributed by atoms with Gasteiger partial charge in [-0.25, -0.2) is 0 Å². The first-order valence-corrected chi connectivity index (χ1v) is 9.68. The summed E-state index contributed by atoms with van der Waals surface area (Å²) in [5.41, 5.74) is 1.19. The lowest BCUT2D eigenvalue weighted by atomic mass is 10.1. The Labute approximate surface area is 158 Å². The monoisotopic (exact) mass is 374 g/mol. The molecule has 0 atom stereocenters. The SMILES string of the molecule is CC(C)CCNC(=O)c1ccc(NC(=O)c2nnc(CC(C)C)s2)cc1. The molecule has 1 aromatic carbocycles. The van der Waals surface area contributed by atoms with Crippen molar-refractivity contribution in [2.45, 2.75) is 40.5 Å². The summed E-state index contributed by atoms with van der Waals surface area (Å²) >= 11 is 1.31. The first kappa shape index (κ1) is 20.0. The van der Waals surface area contributed by atoms with E-state index in [-0.39, 0.29) is 11.8 Å². The lowest BCUT2D eigenvalue weighted by Crippen LogP contribution is -2.25. The van der Waals surface area contributed by atoms with E-state index < -0.39 is 0 Å². The van der Waals surface area contributed by atoms with Gasteiger partial charge in [0.2, 0.25) is 5.01 Å². The summed E-state index contributed by atoms with van der Waals surface area (Å²) in [6.45, 7) is 9.09. The van der Waals surface area contributed by atoms with Gasteiger partial charge in [-0.1, -0.05) is 39.0 Å². The van der Waals surface area contributed by atoms with Crippen LogP contribution < -0.4 is 10.6 Å². The Balaban J connectivity index is 1.91. The molecule has 0 unspecified atom stereocenters. The fraction of sp³-hybridized carbons (Fsp3) is 0.474. The minimum atomic E-state index is -0.286. The van der Waals surface area contributed by atoms with Crippen LogP contribution in [0.3, 0.4) is 0 Å². The topological polar surface area (TPSA) is 84.0 Å². The van der Waals surface area contributed by atoms with E-state index in [9.17, 15) is 9.59 Å². The van der Waals surface area contributed by atoms with Crippen molar-refractivity contribution in [3.8, 4) is 0 Å². The van der Waals surface area contributed by atoms with Gasteiger partial charge in [-0.05, 0) is 42.5 Å². The molecule has 0 radical (unpaired) electrons. The van der Waals surface area contributed by atoms with E-state index in [2.05, 4.69) is 48.5 Å². The van der Waals surface area contributed by atoms with Crippen molar-refractivity contribution in [1.82, 2.24) is 15.5 Å². The van der Waals surface area contributed by atoms with E-state index in [1.165, 1.54) is 11.3 Å². The van der Waals surface area contributed by atoms with Gasteiger partial charge in [0.1, 0.15) is 5.01 Å². The van der Waals surface area contributed by atoms with E-state index in [1.54, 1.807) is 24.3 Å². The number of anilines is 1. The summed E-state index contributed by atoms with van der Waals surface area (Å²) < 4.78 is 0. The molecule has 0 spiro atoms. The van der Waals surface area contributed by atoms with Gasteiger partial charge in [0, 0.05) is 24.2 Å². The number of carbonyl (C=O) groups excluding carboxylic acids is 2. The van der Waals surface area contributed by atoms with Gasteiger partial charge >= 0.3 is 0 Å². The largest absolute Gasteiger partial charge is 0.352 e. The standard InChI is InChI=1S/C19H26N4O2S/c1-12(2)9-10-20-17(24)14-5-7-15(8-6-14)21-18(25)19-23-22-16(26-19)11-13(3)4/h5-8,12-13H,9-11H2,1-4H3,(H,20,24)(H,21,25). The lowest BCUT2D eigenvalue weighted by molar-refractivity contribution is 0.0951. The molecule has 0 saturated carbocycles. The molecule has 2 rings (SSSR count). The van der Waals surface area contributed by atoms with Crippen LogP contribution in [0.15, 0.2) is 24.3 Å². The van der Waals surface area contributed by atoms with Gasteiger partial charge in [-0.15, -0.1) is 10.2 Å². The van der Waals surface area contributed by atoms with Crippen molar-refractivity contribution < 1.29 is 9.59 Å². The molecule has 1 aromatic heterocycles. The molecule has 2 amide bonds. The second-order valence-corrected chi connectivity index (χ2v) is 8.13. The second-order valence-electron chi connectivity index (χ2n) is 7.07. The molecule has 0 aliphatic carbocycles. The molecule has 1 heterocycles. The van der Waals surface area contributed by atoms with Crippen molar-refractivity contribution >= 4 is 28.8 Å². The van der Waals surface area contributed by atoms with E-state index >= 15 is 0 Å². The number of benzene rings is 1. The first-order chi connectivity index (χ1) is 12.3. The Morgan fingerprint density at radius 3 is 2.31 bits per heavy atom. The third-order valence-corrected chi connectivity index (χ3v) is 4.60. The molecular weight excluding hydrogens is 348 g/mol. The molecule has 2 aromatic rings. The number of hydrogen-bond donors (Lipinski definition) is 2. The predicted octanol–water partition coefficient (Wildman–Crippen LogP) is 3.76. The van der Waals surface area contributed by atoms with Crippen LogP contribution in [-0.2, 0) is 6.42 Å². The number of carbonyl (C=O) groups is 2. The second kappa shape index (κ2) is 9.43. The van der Waals surface area contributed by atoms with Gasteiger partial charge in [-0.3, -0.25) is 9.59 Å². The molecule has 26 heavy (non-hydrogen) atoms. The average molecular weight is 375 g/mol. The van der Waals surface area contributed by atoms with E-state index in [0.717, 1.165) is 17.8 Å². The molecule has 140 valence electrons. The molecule has 0 aliphatic rings. The molecule has 0 aliphatic heterocycles. The van der Waals surface area contributed by atoms with Crippen LogP contribution in [0.1, 0.15) is 59.3 Å². The summed E-state index contributed by atoms with van der Waals surface area (Å²) in [7, 11) is 0. The van der Waals surface area contributed by atoms with Crippen LogP contribution in [-0.4, -0.2) is 28.6 Å². The Kier molecular flexibility index (Phi) is 7.26. The van der Waals surface area contributed by atoms with Crippen LogP contribution in [0.5, 0.6) is 0 Å². The molecular formula is C19H26N4O2S. The summed E-state index contributed by atoms with van der Waals surface area (Å²) in [4.78, 5) is 24.3. The zero-order chi connectivity index (χ0) is 19.1. The molecule has 0 fully saturated rings. The van der Waals surface area contributed by atoms with Crippen LogP contribution in [0.2, 0.25) is 0 Å². The zero-order valence-corrected chi connectivity index (χ0v) is 16.5. The molecule has 2 N–H and O–H groups in total. The highest BCUT2D eigenvalue weighted by molar-refractivity contribution is 7.13. The van der Waals surface area contributed by atoms with E-state index in [0.29, 0.717) is 34.6 Å². The van der Waals surface area contributed by atoms with E-state index in [4.69, 9.17) is 0 Å². The highest BCUT2D eigenvalue weighted by Crippen LogP contribution is 2.16. The summed E-state index contributed by atoms with van der Waals surface area (Å²) in [6.07, 6.45) is 1.76. The highest BCUT2D eigenvalue weighted by atomic mass is 32.1. The number of aromatic nitrogens is 2. The van der Waals surface area contributed by atoms with Crippen LogP contribution in [0.4, 0.5) is 5.69 Å². The smallest absolute Gasteiger partial charge is 0.286 e. The number of rotatable bonds is 8. The van der Waals surface area contributed by atoms with Gasteiger partial charge < -0.3 is 10.6 Å². The molecule has 6 nitrogen and oxygen atoms in total. The minimum absolute atomic E-state index is 0.106. The summed E-state index contributed by atoms with van der Waals surface area (Å²) in [5.74, 6) is 0.630. The maximum atomic E-state index is 12.3. The Bertz CT molecular complexity index is 738. The van der Waals surface area contributed by atoms with Crippen LogP contribution >= 0.6 is 11.3 Å². The highest BCUT2D eigenvalue weighted by Gasteiger charge is 2.14. The fourth-order valence-corrected chi connectivity index (χ4v) is 3.19. The number of amides is 2. The van der Waals surface area contributed by atoms with Crippen molar-refractivity contribution in [3.63, 3.8) is 0 Å². The third-order valence-electron chi connectivity index (χ3n) is 3.66. The molecule has 0 saturated heterocycles. The predicted molar refractivity (Wildman–Crippen MR) is 105 cm³/mol. The van der Waals surface area contributed by atoms with Gasteiger partial charge in [0.25, 0.3) is 11.8 Å². The van der Waals surface area contributed by atoms with Crippen LogP contribution in [0.25, 0.3) is 0 Å². The summed E-state index contributed by atoms with van der Waals surface area (Å²) in [6, 6.07) is 6.83. The average Bonchev–Trinajstić information content (AvgIpc) is 3.03. The maximum Gasteiger partial charge on any atom is 0.286 e. The lowest BCUT2D eigenvalue weighted by Gasteiger charge is -2.08. The minimum Gasteiger partial charge on any atom is -0.352 e. The van der Waals surface area contributed by atoms with Crippen molar-refractivity contribution in [2.24, 2.45) is 11.8 Å². The first-order valence-electron chi connectivity index (χ1n) is 8.87. The van der Waals surface area contributed by atoms with Crippen molar-refractivity contribution in [3.05, 3.63) is 39.8 Å². The third kappa shape index (κ3) is 6.22. The van der Waals surface area contributed by atoms with Gasteiger partial charge in [0.15, 0.2) is 0 Å². The maximum absolute atomic E-state index is 12.3. The van der Waals surface area contributed by atoms with Crippen molar-refractivity contribution in [2.75, 3.05) is 11.9 Å². The Morgan fingerprint density at radius 1 is 1.00 bits per heavy atom. The van der Waals surface area contributed by atoms with Gasteiger partial charge in [0.05, 0.1) is 0 Å². The number of hydrogen-bond acceptors (Lipinski definition) is 5. The molecule has 7 heteroatoms. The fourth-order valence-electron chi connectivity index (χ4n) is 2.24. The Hall–Kier alpha value is -2.28. The normalized spacial score (nSPS) is 11.0. The van der Waals surface area contributed by atoms with Gasteiger partial charge in [-0.2, -0.15) is 0 Å².